The fourth-order valence-corrected chi connectivity index (χ4v) is 3.06. The number of hydrogen-bond donors (Lipinski definition) is 1. The number of fused-ring (bicyclic) bond motifs is 1. The number of carbonyl (C=O) groups excluding carboxylic acids is 1. The van der Waals surface area contributed by atoms with Gasteiger partial charge in [-0.15, -0.1) is 0 Å². The summed E-state index contributed by atoms with van der Waals surface area (Å²) < 4.78 is 7.27. The summed E-state index contributed by atoms with van der Waals surface area (Å²) in [5.74, 6) is 0.458. The minimum Gasteiger partial charge on any atom is -0.494 e. The molecule has 4 aromatic rings. The number of para-hydroxylation sites is 1. The Bertz CT molecular complexity index is 1140. The molecule has 0 fully saturated rings. The van der Waals surface area contributed by atoms with Crippen molar-refractivity contribution in [1.82, 2.24) is 14.8 Å². The number of aromatic nitrogens is 3. The van der Waals surface area contributed by atoms with Crippen LogP contribution in [0.1, 0.15) is 23.0 Å². The van der Waals surface area contributed by atoms with Gasteiger partial charge in [-0.25, -0.2) is 9.67 Å². The molecule has 0 bridgehead atoms. The Morgan fingerprint density at radius 1 is 1.11 bits per heavy atom. The first-order valence-corrected chi connectivity index (χ1v) is 9.10. The molecule has 0 unspecified atom stereocenters. The van der Waals surface area contributed by atoms with Gasteiger partial charge in [0.05, 0.1) is 29.9 Å². The number of carbonyl (C=O) groups is 1. The zero-order chi connectivity index (χ0) is 19.5. The molecule has 2 heterocycles. The van der Waals surface area contributed by atoms with Crippen LogP contribution in [0, 0.1) is 6.92 Å². The molecule has 4 rings (SSSR count). The van der Waals surface area contributed by atoms with E-state index < -0.39 is 0 Å². The molecule has 1 N–H and O–H groups in total. The first-order chi connectivity index (χ1) is 13.7. The van der Waals surface area contributed by atoms with Gasteiger partial charge < -0.3 is 10.1 Å². The molecule has 2 aromatic heterocycles. The second kappa shape index (κ2) is 7.52. The van der Waals surface area contributed by atoms with Gasteiger partial charge in [0, 0.05) is 10.9 Å². The maximum atomic E-state index is 12.6. The molecule has 0 saturated carbocycles. The van der Waals surface area contributed by atoms with Crippen molar-refractivity contribution in [2.75, 3.05) is 11.9 Å². The second-order valence-electron chi connectivity index (χ2n) is 6.34. The van der Waals surface area contributed by atoms with Crippen LogP contribution in [0.2, 0.25) is 0 Å². The number of anilines is 1. The molecule has 0 radical (unpaired) electrons. The van der Waals surface area contributed by atoms with Crippen LogP contribution in [0.4, 0.5) is 5.69 Å². The van der Waals surface area contributed by atoms with E-state index in [4.69, 9.17) is 4.74 Å². The van der Waals surface area contributed by atoms with Crippen molar-refractivity contribution in [3.05, 3.63) is 78.1 Å². The van der Waals surface area contributed by atoms with E-state index in [9.17, 15) is 4.79 Å². The predicted molar refractivity (Wildman–Crippen MR) is 109 cm³/mol. The minimum atomic E-state index is -0.212. The van der Waals surface area contributed by atoms with E-state index in [2.05, 4.69) is 15.4 Å². The number of hydrogen-bond acceptors (Lipinski definition) is 4. The van der Waals surface area contributed by atoms with Gasteiger partial charge in [-0.3, -0.25) is 4.79 Å². The standard InChI is InChI=1S/C22H20N4O2/c1-3-28-19-11-7-8-16(12-19)22(27)24-17-13-20-15(2)25-26(21(20)23-14-17)18-9-5-4-6-10-18/h4-14H,3H2,1-2H3,(H,24,27). The number of pyridine rings is 1. The van der Waals surface area contributed by atoms with Crippen molar-refractivity contribution in [2.45, 2.75) is 13.8 Å². The molecule has 140 valence electrons. The second-order valence-corrected chi connectivity index (χ2v) is 6.34. The smallest absolute Gasteiger partial charge is 0.255 e. The minimum absolute atomic E-state index is 0.212. The van der Waals surface area contributed by atoms with E-state index in [1.54, 1.807) is 24.4 Å². The lowest BCUT2D eigenvalue weighted by Gasteiger charge is -2.08. The van der Waals surface area contributed by atoms with Crippen LogP contribution in [0.5, 0.6) is 5.75 Å². The van der Waals surface area contributed by atoms with Crippen LogP contribution in [-0.4, -0.2) is 27.3 Å². The van der Waals surface area contributed by atoms with Crippen molar-refractivity contribution < 1.29 is 9.53 Å². The average Bonchev–Trinajstić information content (AvgIpc) is 3.05. The van der Waals surface area contributed by atoms with E-state index in [0.717, 1.165) is 22.4 Å². The monoisotopic (exact) mass is 372 g/mol. The Morgan fingerprint density at radius 3 is 2.71 bits per heavy atom. The van der Waals surface area contributed by atoms with E-state index in [1.807, 2.05) is 61.0 Å². The van der Waals surface area contributed by atoms with Gasteiger partial charge >= 0.3 is 0 Å². The topological polar surface area (TPSA) is 69.0 Å². The fourth-order valence-electron chi connectivity index (χ4n) is 3.06. The number of ether oxygens (including phenoxy) is 1. The van der Waals surface area contributed by atoms with Crippen LogP contribution in [0.15, 0.2) is 66.9 Å². The SMILES string of the molecule is CCOc1cccc(C(=O)Nc2cnc3c(c2)c(C)nn3-c2ccccc2)c1. The summed E-state index contributed by atoms with van der Waals surface area (Å²) >= 11 is 0. The third kappa shape index (κ3) is 3.44. The van der Waals surface area contributed by atoms with E-state index >= 15 is 0 Å². The maximum absolute atomic E-state index is 12.6. The van der Waals surface area contributed by atoms with Gasteiger partial charge in [-0.2, -0.15) is 5.10 Å². The summed E-state index contributed by atoms with van der Waals surface area (Å²) in [6.45, 7) is 4.39. The molecular formula is C22H20N4O2. The highest BCUT2D eigenvalue weighted by Crippen LogP contribution is 2.23. The van der Waals surface area contributed by atoms with Crippen LogP contribution < -0.4 is 10.1 Å². The van der Waals surface area contributed by atoms with Gasteiger partial charge in [0.25, 0.3) is 5.91 Å². The van der Waals surface area contributed by atoms with Crippen molar-refractivity contribution in [2.24, 2.45) is 0 Å². The number of nitrogens with one attached hydrogen (secondary N) is 1. The quantitative estimate of drug-likeness (QED) is 0.564. The highest BCUT2D eigenvalue weighted by atomic mass is 16.5. The molecule has 0 spiro atoms. The average molecular weight is 372 g/mol. The first kappa shape index (κ1) is 17.7. The zero-order valence-electron chi connectivity index (χ0n) is 15.7. The Balaban J connectivity index is 1.63. The first-order valence-electron chi connectivity index (χ1n) is 9.10. The maximum Gasteiger partial charge on any atom is 0.255 e. The van der Waals surface area contributed by atoms with Crippen molar-refractivity contribution in [3.8, 4) is 11.4 Å². The van der Waals surface area contributed by atoms with E-state index in [1.165, 1.54) is 0 Å². The number of nitrogens with zero attached hydrogens (tertiary/aromatic N) is 3. The molecule has 6 heteroatoms. The van der Waals surface area contributed by atoms with E-state index in [-0.39, 0.29) is 5.91 Å². The summed E-state index contributed by atoms with van der Waals surface area (Å²) in [7, 11) is 0. The summed E-state index contributed by atoms with van der Waals surface area (Å²) in [6.07, 6.45) is 1.65. The number of rotatable bonds is 5. The van der Waals surface area contributed by atoms with Crippen LogP contribution in [0.3, 0.4) is 0 Å². The number of benzene rings is 2. The summed E-state index contributed by atoms with van der Waals surface area (Å²) in [5.41, 5.74) is 3.69. The van der Waals surface area contributed by atoms with Crippen molar-refractivity contribution in [1.29, 1.82) is 0 Å². The summed E-state index contributed by atoms with van der Waals surface area (Å²) in [6, 6.07) is 18.9. The molecule has 1 amide bonds. The lowest BCUT2D eigenvalue weighted by molar-refractivity contribution is 0.102. The lowest BCUT2D eigenvalue weighted by atomic mass is 10.2. The Labute approximate surface area is 162 Å². The molecule has 0 aliphatic carbocycles. The predicted octanol–water partition coefficient (Wildman–Crippen LogP) is 4.38. The Hall–Kier alpha value is -3.67. The zero-order valence-corrected chi connectivity index (χ0v) is 15.7. The van der Waals surface area contributed by atoms with Crippen LogP contribution in [-0.2, 0) is 0 Å². The van der Waals surface area contributed by atoms with Gasteiger partial charge in [0.2, 0.25) is 0 Å². The molecular weight excluding hydrogens is 352 g/mol. The molecule has 0 aliphatic heterocycles. The summed E-state index contributed by atoms with van der Waals surface area (Å²) in [5, 5.41) is 8.39. The Kier molecular flexibility index (Phi) is 4.76. The van der Waals surface area contributed by atoms with E-state index in [0.29, 0.717) is 23.6 Å². The fraction of sp³-hybridized carbons (Fsp3) is 0.136. The number of aryl methyl sites for hydroxylation is 1. The highest BCUT2D eigenvalue weighted by Gasteiger charge is 2.13. The van der Waals surface area contributed by atoms with Gasteiger partial charge in [0.15, 0.2) is 5.65 Å². The third-order valence-corrected chi connectivity index (χ3v) is 4.37. The largest absolute Gasteiger partial charge is 0.494 e. The van der Waals surface area contributed by atoms with Gasteiger partial charge in [-0.05, 0) is 50.2 Å². The van der Waals surface area contributed by atoms with Crippen molar-refractivity contribution >= 4 is 22.6 Å². The molecule has 0 atom stereocenters. The third-order valence-electron chi connectivity index (χ3n) is 4.37. The molecule has 28 heavy (non-hydrogen) atoms. The van der Waals surface area contributed by atoms with Crippen molar-refractivity contribution in [3.63, 3.8) is 0 Å². The van der Waals surface area contributed by atoms with Gasteiger partial charge in [-0.1, -0.05) is 24.3 Å². The molecule has 0 aliphatic rings. The number of amides is 1. The Morgan fingerprint density at radius 2 is 1.93 bits per heavy atom. The summed E-state index contributed by atoms with van der Waals surface area (Å²) in [4.78, 5) is 17.1. The lowest BCUT2D eigenvalue weighted by Crippen LogP contribution is -2.12. The van der Waals surface area contributed by atoms with Crippen LogP contribution >= 0.6 is 0 Å². The normalized spacial score (nSPS) is 10.8. The molecule has 2 aromatic carbocycles. The highest BCUT2D eigenvalue weighted by molar-refractivity contribution is 6.05. The van der Waals surface area contributed by atoms with Crippen LogP contribution in [0.25, 0.3) is 16.7 Å². The molecule has 0 saturated heterocycles. The van der Waals surface area contributed by atoms with Gasteiger partial charge in [0.1, 0.15) is 5.75 Å². The molecule has 6 nitrogen and oxygen atoms in total.